The Bertz CT molecular complexity index is 1370. The Morgan fingerprint density at radius 1 is 1.42 bits per heavy atom. The molecule has 4 aromatic heterocycles. The first-order valence-corrected chi connectivity index (χ1v) is 10.6. The van der Waals surface area contributed by atoms with Gasteiger partial charge in [-0.15, -0.1) is 11.3 Å². The molecule has 4 aromatic rings. The molecule has 0 aromatic carbocycles. The number of carbonyl (C=O) groups is 2. The predicted molar refractivity (Wildman–Crippen MR) is 114 cm³/mol. The van der Waals surface area contributed by atoms with Crippen LogP contribution in [0.4, 0.5) is 0 Å². The van der Waals surface area contributed by atoms with Gasteiger partial charge in [0.1, 0.15) is 22.9 Å². The number of H-pyrrole nitrogens is 1. The number of hydrogen-bond acceptors (Lipinski definition) is 7. The Balaban J connectivity index is 1.41. The van der Waals surface area contributed by atoms with Crippen molar-refractivity contribution in [2.45, 2.75) is 13.0 Å². The highest BCUT2D eigenvalue weighted by atomic mass is 32.1. The molecule has 1 saturated heterocycles. The highest BCUT2D eigenvalue weighted by Crippen LogP contribution is 2.31. The lowest BCUT2D eigenvalue weighted by atomic mass is 10.0. The van der Waals surface area contributed by atoms with Crippen LogP contribution in [0.3, 0.4) is 0 Å². The van der Waals surface area contributed by atoms with E-state index in [1.807, 2.05) is 18.5 Å². The number of nitrogens with one attached hydrogen (secondary N) is 2. The minimum Gasteiger partial charge on any atom is -0.344 e. The van der Waals surface area contributed by atoms with Crippen LogP contribution >= 0.6 is 11.3 Å². The summed E-state index contributed by atoms with van der Waals surface area (Å²) < 4.78 is 2.79. The zero-order chi connectivity index (χ0) is 21.7. The Labute approximate surface area is 180 Å². The molecular formula is C20H18N8O2S. The minimum atomic E-state index is -0.713. The molecule has 1 atom stereocenters. The average molecular weight is 434 g/mol. The van der Waals surface area contributed by atoms with Crippen molar-refractivity contribution in [3.8, 4) is 17.5 Å². The number of rotatable bonds is 4. The van der Waals surface area contributed by atoms with Gasteiger partial charge in [-0.25, -0.2) is 9.97 Å². The zero-order valence-electron chi connectivity index (χ0n) is 16.8. The monoisotopic (exact) mass is 434 g/mol. The molecule has 2 N–H and O–H groups in total. The van der Waals surface area contributed by atoms with Crippen molar-refractivity contribution in [2.24, 2.45) is 13.0 Å². The highest BCUT2D eigenvalue weighted by molar-refractivity contribution is 7.17. The molecule has 1 fully saturated rings. The second kappa shape index (κ2) is 7.17. The molecule has 31 heavy (non-hydrogen) atoms. The molecule has 0 radical (unpaired) electrons. The SMILES string of the molecule is CC(NC(=O)c1c[nH]c2ncc(-c3nn(C)c4ccsc34)nc12)C(=O)N1CC(C#N)C1. The number of aromatic nitrogens is 5. The second-order valence-corrected chi connectivity index (χ2v) is 8.44. The number of carbonyl (C=O) groups excluding carboxylic acids is 2. The number of hydrogen-bond donors (Lipinski definition) is 2. The summed E-state index contributed by atoms with van der Waals surface area (Å²) >= 11 is 1.57. The van der Waals surface area contributed by atoms with E-state index in [4.69, 9.17) is 5.26 Å². The Hall–Kier alpha value is -3.78. The van der Waals surface area contributed by atoms with E-state index < -0.39 is 11.9 Å². The fraction of sp³-hybridized carbons (Fsp3) is 0.300. The quantitative estimate of drug-likeness (QED) is 0.502. The molecule has 10 nitrogen and oxygen atoms in total. The van der Waals surface area contributed by atoms with Gasteiger partial charge < -0.3 is 15.2 Å². The van der Waals surface area contributed by atoms with E-state index in [1.54, 1.807) is 34.0 Å². The van der Waals surface area contributed by atoms with E-state index in [2.05, 4.69) is 31.4 Å². The maximum Gasteiger partial charge on any atom is 0.255 e. The number of likely N-dealkylation sites (tertiary alicyclic amines) is 1. The van der Waals surface area contributed by atoms with Crippen LogP contribution in [0.2, 0.25) is 0 Å². The summed E-state index contributed by atoms with van der Waals surface area (Å²) in [5, 5.41) is 18.1. The molecule has 1 aliphatic heterocycles. The Morgan fingerprint density at radius 2 is 2.23 bits per heavy atom. The molecule has 0 spiro atoms. The van der Waals surface area contributed by atoms with Gasteiger partial charge in [-0.05, 0) is 18.4 Å². The van der Waals surface area contributed by atoms with Crippen molar-refractivity contribution in [1.29, 1.82) is 5.26 Å². The molecule has 0 saturated carbocycles. The lowest BCUT2D eigenvalue weighted by Crippen LogP contribution is -2.55. The first kappa shape index (κ1) is 19.2. The number of aromatic amines is 1. The maximum atomic E-state index is 12.9. The van der Waals surface area contributed by atoms with Crippen LogP contribution in [0, 0.1) is 17.2 Å². The molecule has 5 rings (SSSR count). The third-order valence-electron chi connectivity index (χ3n) is 5.42. The number of nitriles is 1. The lowest BCUT2D eigenvalue weighted by Gasteiger charge is -2.37. The van der Waals surface area contributed by atoms with Crippen LogP contribution in [-0.2, 0) is 11.8 Å². The summed E-state index contributed by atoms with van der Waals surface area (Å²) in [4.78, 5) is 38.9. The summed E-state index contributed by atoms with van der Waals surface area (Å²) in [7, 11) is 1.87. The molecule has 156 valence electrons. The van der Waals surface area contributed by atoms with Gasteiger partial charge in [-0.3, -0.25) is 14.3 Å². The largest absolute Gasteiger partial charge is 0.344 e. The number of nitrogens with zero attached hydrogens (tertiary/aromatic N) is 6. The van der Waals surface area contributed by atoms with E-state index in [-0.39, 0.29) is 11.8 Å². The second-order valence-electron chi connectivity index (χ2n) is 7.53. The summed E-state index contributed by atoms with van der Waals surface area (Å²) in [6, 6.07) is 3.41. The standard InChI is InChI=1S/C20H18N8O2S/c1-10(20(30)28-8-11(5-21)9-28)24-19(29)12-6-22-18-15(12)25-13(7-23-18)16-17-14(3-4-31-17)27(2)26-16/h3-4,6-7,10-11H,8-9H2,1-2H3,(H,22,23)(H,24,29). The summed E-state index contributed by atoms with van der Waals surface area (Å²) in [6.45, 7) is 2.44. The molecule has 1 aliphatic rings. The normalized spacial score (nSPS) is 15.1. The maximum absolute atomic E-state index is 12.9. The van der Waals surface area contributed by atoms with Crippen LogP contribution < -0.4 is 5.32 Å². The molecule has 5 heterocycles. The Kier molecular flexibility index (Phi) is 4.44. The van der Waals surface area contributed by atoms with Gasteiger partial charge in [0.05, 0.1) is 34.0 Å². The van der Waals surface area contributed by atoms with E-state index in [9.17, 15) is 9.59 Å². The minimum absolute atomic E-state index is 0.129. The van der Waals surface area contributed by atoms with Crippen LogP contribution in [0.5, 0.6) is 0 Å². The summed E-state index contributed by atoms with van der Waals surface area (Å²) in [6.07, 6.45) is 3.17. The number of thiophene rings is 1. The smallest absolute Gasteiger partial charge is 0.255 e. The molecule has 1 unspecified atom stereocenters. The summed E-state index contributed by atoms with van der Waals surface area (Å²) in [5.74, 6) is -0.756. The first-order chi connectivity index (χ1) is 15.0. The average Bonchev–Trinajstić information content (AvgIpc) is 3.43. The van der Waals surface area contributed by atoms with Crippen LogP contribution in [0.15, 0.2) is 23.8 Å². The third kappa shape index (κ3) is 3.12. The Morgan fingerprint density at radius 3 is 3.00 bits per heavy atom. The topological polar surface area (TPSA) is 133 Å². The lowest BCUT2D eigenvalue weighted by molar-refractivity contribution is -0.137. The van der Waals surface area contributed by atoms with Crippen LogP contribution in [-0.4, -0.2) is 60.6 Å². The van der Waals surface area contributed by atoms with Crippen molar-refractivity contribution in [3.05, 3.63) is 29.4 Å². The van der Waals surface area contributed by atoms with Gasteiger partial charge in [-0.1, -0.05) is 0 Å². The van der Waals surface area contributed by atoms with Crippen LogP contribution in [0.1, 0.15) is 17.3 Å². The van der Waals surface area contributed by atoms with E-state index in [0.717, 1.165) is 10.2 Å². The molecule has 0 aliphatic carbocycles. The predicted octanol–water partition coefficient (Wildman–Crippen LogP) is 1.67. The highest BCUT2D eigenvalue weighted by Gasteiger charge is 2.33. The van der Waals surface area contributed by atoms with E-state index in [1.165, 1.54) is 6.20 Å². The third-order valence-corrected chi connectivity index (χ3v) is 6.33. The molecule has 0 bridgehead atoms. The fourth-order valence-corrected chi connectivity index (χ4v) is 4.59. The fourth-order valence-electron chi connectivity index (χ4n) is 3.68. The molecular weight excluding hydrogens is 416 g/mol. The number of aryl methyl sites for hydroxylation is 1. The van der Waals surface area contributed by atoms with Gasteiger partial charge in [0, 0.05) is 26.3 Å². The van der Waals surface area contributed by atoms with Crippen molar-refractivity contribution >= 4 is 44.5 Å². The first-order valence-electron chi connectivity index (χ1n) is 9.70. The molecule has 11 heteroatoms. The number of amides is 2. The summed E-state index contributed by atoms with van der Waals surface area (Å²) in [5.41, 5.74) is 3.49. The van der Waals surface area contributed by atoms with Gasteiger partial charge in [0.25, 0.3) is 5.91 Å². The van der Waals surface area contributed by atoms with Gasteiger partial charge in [0.15, 0.2) is 5.65 Å². The van der Waals surface area contributed by atoms with Crippen molar-refractivity contribution in [3.63, 3.8) is 0 Å². The zero-order valence-corrected chi connectivity index (χ0v) is 17.6. The number of fused-ring (bicyclic) bond motifs is 2. The van der Waals surface area contributed by atoms with Gasteiger partial charge in [0.2, 0.25) is 5.91 Å². The molecule has 2 amide bonds. The van der Waals surface area contributed by atoms with Crippen molar-refractivity contribution in [1.82, 2.24) is 34.9 Å². The van der Waals surface area contributed by atoms with E-state index >= 15 is 0 Å². The van der Waals surface area contributed by atoms with Crippen molar-refractivity contribution in [2.75, 3.05) is 13.1 Å². The van der Waals surface area contributed by atoms with Crippen molar-refractivity contribution < 1.29 is 9.59 Å². The van der Waals surface area contributed by atoms with Gasteiger partial charge >= 0.3 is 0 Å². The van der Waals surface area contributed by atoms with Crippen LogP contribution in [0.25, 0.3) is 32.8 Å². The van der Waals surface area contributed by atoms with E-state index in [0.29, 0.717) is 41.2 Å². The van der Waals surface area contributed by atoms with Gasteiger partial charge in [-0.2, -0.15) is 10.4 Å².